The van der Waals surface area contributed by atoms with Gasteiger partial charge < -0.3 is 14.8 Å². The molecule has 4 rings (SSSR count). The summed E-state index contributed by atoms with van der Waals surface area (Å²) in [4.78, 5) is 15.6. The number of nitrogens with one attached hydrogen (secondary N) is 1. The minimum Gasteiger partial charge on any atom is -0.504 e. The smallest absolute Gasteiger partial charge is 0.171 e. The van der Waals surface area contributed by atoms with Gasteiger partial charge in [0.05, 0.1) is 17.2 Å². The van der Waals surface area contributed by atoms with Crippen LogP contribution in [0.15, 0.2) is 55.0 Å². The molecule has 0 atom stereocenters. The molecule has 0 amide bonds. The van der Waals surface area contributed by atoms with Crippen LogP contribution in [0.2, 0.25) is 0 Å². The van der Waals surface area contributed by atoms with Crippen LogP contribution in [0.5, 0.6) is 17.2 Å². The van der Waals surface area contributed by atoms with Gasteiger partial charge in [-0.15, -0.1) is 0 Å². The maximum Gasteiger partial charge on any atom is 0.171 e. The largest absolute Gasteiger partial charge is 0.504 e. The molecule has 0 aliphatic heterocycles. The second-order valence-corrected chi connectivity index (χ2v) is 5.05. The lowest BCUT2D eigenvalue weighted by atomic mass is 10.2. The maximum atomic E-state index is 13.7. The molecule has 0 spiro atoms. The number of phenolic OH excluding ortho intramolecular Hbond substituents is 1. The van der Waals surface area contributed by atoms with Gasteiger partial charge in [0.2, 0.25) is 0 Å². The number of aromatic hydroxyl groups is 1. The van der Waals surface area contributed by atoms with Crippen LogP contribution < -0.4 is 4.74 Å². The average Bonchev–Trinajstić information content (AvgIpc) is 3.01. The first-order valence-corrected chi connectivity index (χ1v) is 7.12. The summed E-state index contributed by atoms with van der Waals surface area (Å²) in [6.45, 7) is 0. The number of rotatable bonds is 3. The molecule has 2 heterocycles. The van der Waals surface area contributed by atoms with E-state index in [1.54, 1.807) is 30.7 Å². The Hall–Kier alpha value is -3.48. The number of aromatic amines is 1. The van der Waals surface area contributed by atoms with Crippen molar-refractivity contribution in [3.8, 4) is 28.8 Å². The zero-order valence-corrected chi connectivity index (χ0v) is 12.3. The van der Waals surface area contributed by atoms with Gasteiger partial charge in [0.15, 0.2) is 28.9 Å². The lowest BCUT2D eigenvalue weighted by Crippen LogP contribution is -1.88. The van der Waals surface area contributed by atoms with Crippen molar-refractivity contribution < 1.29 is 14.2 Å². The number of hydrogen-bond donors (Lipinski definition) is 2. The van der Waals surface area contributed by atoms with E-state index in [2.05, 4.69) is 19.9 Å². The van der Waals surface area contributed by atoms with Crippen molar-refractivity contribution in [1.82, 2.24) is 19.9 Å². The third-order valence-electron chi connectivity index (χ3n) is 3.42. The van der Waals surface area contributed by atoms with Gasteiger partial charge in [-0.3, -0.25) is 4.98 Å². The Morgan fingerprint density at radius 1 is 1.08 bits per heavy atom. The highest BCUT2D eigenvalue weighted by molar-refractivity contribution is 5.82. The van der Waals surface area contributed by atoms with Crippen molar-refractivity contribution in [1.29, 1.82) is 0 Å². The molecule has 2 aromatic heterocycles. The van der Waals surface area contributed by atoms with Crippen LogP contribution in [-0.4, -0.2) is 25.0 Å². The second kappa shape index (κ2) is 5.62. The first kappa shape index (κ1) is 14.1. The number of ether oxygens (including phenoxy) is 1. The van der Waals surface area contributed by atoms with E-state index in [0.717, 1.165) is 0 Å². The van der Waals surface area contributed by atoms with Crippen LogP contribution in [-0.2, 0) is 0 Å². The molecule has 0 radical (unpaired) electrons. The predicted molar refractivity (Wildman–Crippen MR) is 85.3 cm³/mol. The van der Waals surface area contributed by atoms with Crippen molar-refractivity contribution >= 4 is 11.0 Å². The zero-order valence-electron chi connectivity index (χ0n) is 12.3. The SMILES string of the molecule is Oc1cc2[nH]c(-c3cnccn3)nc2cc1Oc1ccccc1F. The molecule has 0 bridgehead atoms. The summed E-state index contributed by atoms with van der Waals surface area (Å²) in [7, 11) is 0. The maximum absolute atomic E-state index is 13.7. The van der Waals surface area contributed by atoms with Crippen LogP contribution >= 0.6 is 0 Å². The minimum absolute atomic E-state index is 0.0248. The second-order valence-electron chi connectivity index (χ2n) is 5.05. The summed E-state index contributed by atoms with van der Waals surface area (Å²) < 4.78 is 19.2. The lowest BCUT2D eigenvalue weighted by molar-refractivity contribution is 0.397. The number of benzene rings is 2. The number of para-hydroxylation sites is 1. The van der Waals surface area contributed by atoms with Gasteiger partial charge in [0, 0.05) is 24.5 Å². The average molecular weight is 322 g/mol. The first-order valence-electron chi connectivity index (χ1n) is 7.12. The highest BCUT2D eigenvalue weighted by atomic mass is 19.1. The van der Waals surface area contributed by atoms with Gasteiger partial charge in [-0.25, -0.2) is 14.4 Å². The molecule has 0 aliphatic rings. The first-order chi connectivity index (χ1) is 11.7. The van der Waals surface area contributed by atoms with Crippen LogP contribution in [0, 0.1) is 5.82 Å². The van der Waals surface area contributed by atoms with Crippen molar-refractivity contribution in [2.45, 2.75) is 0 Å². The Bertz CT molecular complexity index is 1020. The quantitative estimate of drug-likeness (QED) is 0.601. The molecule has 24 heavy (non-hydrogen) atoms. The molecule has 7 heteroatoms. The lowest BCUT2D eigenvalue weighted by Gasteiger charge is -2.08. The van der Waals surface area contributed by atoms with Gasteiger partial charge in [-0.1, -0.05) is 12.1 Å². The summed E-state index contributed by atoms with van der Waals surface area (Å²) in [5.74, 6) is 0.0153. The zero-order chi connectivity index (χ0) is 16.5. The number of imidazole rings is 1. The van der Waals surface area contributed by atoms with Gasteiger partial charge in [0.25, 0.3) is 0 Å². The standard InChI is InChI=1S/C17H11FN4O2/c18-10-3-1-2-4-15(10)24-16-8-12-11(7-14(16)23)21-17(22-12)13-9-19-5-6-20-13/h1-9,23H,(H,21,22). The van der Waals surface area contributed by atoms with Crippen LogP contribution in [0.1, 0.15) is 0 Å². The Balaban J connectivity index is 1.75. The van der Waals surface area contributed by atoms with E-state index < -0.39 is 5.82 Å². The fraction of sp³-hybridized carbons (Fsp3) is 0. The molecule has 0 unspecified atom stereocenters. The summed E-state index contributed by atoms with van der Waals surface area (Å²) >= 11 is 0. The number of aromatic nitrogens is 4. The predicted octanol–water partition coefficient (Wildman–Crippen LogP) is 3.66. The molecule has 0 saturated carbocycles. The van der Waals surface area contributed by atoms with Crippen LogP contribution in [0.25, 0.3) is 22.6 Å². The van der Waals surface area contributed by atoms with Gasteiger partial charge in [-0.2, -0.15) is 0 Å². The van der Waals surface area contributed by atoms with Gasteiger partial charge >= 0.3 is 0 Å². The summed E-state index contributed by atoms with van der Waals surface area (Å²) in [6.07, 6.45) is 4.71. The van der Waals surface area contributed by atoms with E-state index >= 15 is 0 Å². The fourth-order valence-electron chi connectivity index (χ4n) is 2.30. The number of halogens is 1. The molecule has 0 aliphatic carbocycles. The third kappa shape index (κ3) is 2.52. The van der Waals surface area contributed by atoms with Crippen molar-refractivity contribution in [2.24, 2.45) is 0 Å². The molecule has 0 fully saturated rings. The Morgan fingerprint density at radius 3 is 2.75 bits per heavy atom. The normalized spacial score (nSPS) is 10.9. The molecule has 0 saturated heterocycles. The summed E-state index contributed by atoms with van der Waals surface area (Å²) in [6, 6.07) is 8.98. The fourth-order valence-corrected chi connectivity index (χ4v) is 2.30. The molecule has 2 N–H and O–H groups in total. The summed E-state index contributed by atoms with van der Waals surface area (Å²) in [5.41, 5.74) is 1.73. The third-order valence-corrected chi connectivity index (χ3v) is 3.42. The number of phenols is 1. The molecule has 2 aromatic carbocycles. The van der Waals surface area contributed by atoms with Crippen LogP contribution in [0.4, 0.5) is 4.39 Å². The van der Waals surface area contributed by atoms with E-state index in [-0.39, 0.29) is 17.2 Å². The topological polar surface area (TPSA) is 83.9 Å². The van der Waals surface area contributed by atoms with Crippen molar-refractivity contribution in [3.63, 3.8) is 0 Å². The molecule has 6 nitrogen and oxygen atoms in total. The molecular weight excluding hydrogens is 311 g/mol. The minimum atomic E-state index is -0.515. The number of nitrogens with zero attached hydrogens (tertiary/aromatic N) is 3. The Morgan fingerprint density at radius 2 is 1.96 bits per heavy atom. The van der Waals surface area contributed by atoms with E-state index in [1.165, 1.54) is 24.3 Å². The van der Waals surface area contributed by atoms with Gasteiger partial charge in [-0.05, 0) is 12.1 Å². The monoisotopic (exact) mass is 322 g/mol. The van der Waals surface area contributed by atoms with Crippen LogP contribution in [0.3, 0.4) is 0 Å². The van der Waals surface area contributed by atoms with Crippen molar-refractivity contribution in [2.75, 3.05) is 0 Å². The number of fused-ring (bicyclic) bond motifs is 1. The highest BCUT2D eigenvalue weighted by Crippen LogP contribution is 2.35. The molecule has 4 aromatic rings. The number of hydrogen-bond acceptors (Lipinski definition) is 5. The van der Waals surface area contributed by atoms with E-state index in [9.17, 15) is 9.50 Å². The molecular formula is C17H11FN4O2. The summed E-state index contributed by atoms with van der Waals surface area (Å²) in [5, 5.41) is 10.1. The van der Waals surface area contributed by atoms with Crippen molar-refractivity contribution in [3.05, 3.63) is 60.8 Å². The number of H-pyrrole nitrogens is 1. The Labute approximate surface area is 135 Å². The van der Waals surface area contributed by atoms with E-state index in [4.69, 9.17) is 4.74 Å². The Kier molecular flexibility index (Phi) is 3.31. The molecule has 118 valence electrons. The van der Waals surface area contributed by atoms with E-state index in [1.807, 2.05) is 0 Å². The highest BCUT2D eigenvalue weighted by Gasteiger charge is 2.13. The van der Waals surface area contributed by atoms with Gasteiger partial charge in [0.1, 0.15) is 5.69 Å². The van der Waals surface area contributed by atoms with E-state index in [0.29, 0.717) is 22.6 Å².